The number of hydrogen-bond acceptors (Lipinski definition) is 7. The van der Waals surface area contributed by atoms with Gasteiger partial charge in [0.05, 0.1) is 22.9 Å². The molecule has 2 amide bonds. The first-order chi connectivity index (χ1) is 16.2. The molecule has 1 aliphatic rings. The van der Waals surface area contributed by atoms with Crippen molar-refractivity contribution in [2.75, 3.05) is 30.1 Å². The maximum absolute atomic E-state index is 12.7. The summed E-state index contributed by atoms with van der Waals surface area (Å²) < 4.78 is 32.4. The van der Waals surface area contributed by atoms with Gasteiger partial charge in [-0.15, -0.1) is 0 Å². The van der Waals surface area contributed by atoms with Gasteiger partial charge in [0.1, 0.15) is 11.5 Å². The molecule has 178 valence electrons. The van der Waals surface area contributed by atoms with E-state index in [0.29, 0.717) is 40.3 Å². The zero-order valence-corrected chi connectivity index (χ0v) is 20.3. The van der Waals surface area contributed by atoms with E-state index in [4.69, 9.17) is 4.74 Å². The highest BCUT2D eigenvalue weighted by Gasteiger charge is 2.29. The summed E-state index contributed by atoms with van der Waals surface area (Å²) in [5.74, 6) is -3.51. The molecule has 0 radical (unpaired) electrons. The van der Waals surface area contributed by atoms with Crippen LogP contribution in [0.3, 0.4) is 0 Å². The molecule has 11 heteroatoms. The Bertz CT molecular complexity index is 1470. The molecule has 0 bridgehead atoms. The van der Waals surface area contributed by atoms with Crippen LogP contribution in [0.1, 0.15) is 22.8 Å². The van der Waals surface area contributed by atoms with E-state index in [9.17, 15) is 22.8 Å². The van der Waals surface area contributed by atoms with Crippen LogP contribution in [-0.2, 0) is 37.1 Å². The van der Waals surface area contributed by atoms with Crippen LogP contribution in [0.25, 0.3) is 10.2 Å². The summed E-state index contributed by atoms with van der Waals surface area (Å²) in [4.78, 5) is 42.8. The minimum atomic E-state index is -4.01. The Morgan fingerprint density at radius 2 is 1.88 bits per heavy atom. The van der Waals surface area contributed by atoms with Gasteiger partial charge in [-0.2, -0.15) is 4.99 Å². The third-order valence-corrected chi connectivity index (χ3v) is 7.93. The lowest BCUT2D eigenvalue weighted by molar-refractivity contribution is -0.116. The minimum absolute atomic E-state index is 0.319. The third kappa shape index (κ3) is 4.80. The molecule has 0 saturated heterocycles. The fraction of sp³-hybridized carbons (Fsp3) is 0.304. The van der Waals surface area contributed by atoms with Crippen LogP contribution in [0.5, 0.6) is 0 Å². The number of anilines is 1. The number of para-hydroxylation sites is 1. The predicted octanol–water partition coefficient (Wildman–Crippen LogP) is 1.94. The van der Waals surface area contributed by atoms with E-state index in [-0.39, 0.29) is 0 Å². The van der Waals surface area contributed by atoms with Crippen LogP contribution >= 0.6 is 11.3 Å². The van der Waals surface area contributed by atoms with Gasteiger partial charge in [-0.05, 0) is 43.2 Å². The molecule has 0 aliphatic carbocycles. The molecule has 9 nitrogen and oxygen atoms in total. The molecule has 34 heavy (non-hydrogen) atoms. The fourth-order valence-electron chi connectivity index (χ4n) is 3.95. The van der Waals surface area contributed by atoms with E-state index in [0.717, 1.165) is 11.1 Å². The second-order valence-electron chi connectivity index (χ2n) is 7.76. The molecule has 1 aliphatic heterocycles. The average Bonchev–Trinajstić information content (AvgIpc) is 3.37. The van der Waals surface area contributed by atoms with E-state index in [1.54, 1.807) is 34.9 Å². The maximum atomic E-state index is 12.7. The van der Waals surface area contributed by atoms with Crippen molar-refractivity contribution in [3.63, 3.8) is 0 Å². The van der Waals surface area contributed by atoms with E-state index < -0.39 is 39.1 Å². The number of amides is 2. The fourth-order valence-corrected chi connectivity index (χ4v) is 6.18. The number of aryl methyl sites for hydroxylation is 1. The highest BCUT2D eigenvalue weighted by molar-refractivity contribution is 7.92. The lowest BCUT2D eigenvalue weighted by Gasteiger charge is -2.17. The van der Waals surface area contributed by atoms with Crippen molar-refractivity contribution >= 4 is 54.9 Å². The van der Waals surface area contributed by atoms with Gasteiger partial charge in [0.2, 0.25) is 5.91 Å². The number of benzene rings is 2. The lowest BCUT2D eigenvalue weighted by atomic mass is 10.2. The smallest absolute Gasteiger partial charge is 0.337 e. The lowest BCUT2D eigenvalue weighted by Crippen LogP contribution is -2.36. The summed E-state index contributed by atoms with van der Waals surface area (Å²) in [6, 6.07) is 12.3. The molecule has 3 aromatic rings. The Labute approximate surface area is 200 Å². The number of sulfone groups is 1. The van der Waals surface area contributed by atoms with Crippen LogP contribution in [0, 0.1) is 0 Å². The van der Waals surface area contributed by atoms with Crippen molar-refractivity contribution < 1.29 is 27.5 Å². The van der Waals surface area contributed by atoms with E-state index >= 15 is 0 Å². The molecule has 0 saturated carbocycles. The highest BCUT2D eigenvalue weighted by atomic mass is 32.2. The van der Waals surface area contributed by atoms with Gasteiger partial charge in [0.25, 0.3) is 5.91 Å². The number of fused-ring (bicyclic) bond motifs is 2. The Hall–Kier alpha value is -3.31. The number of hydrogen-bond donors (Lipinski definition) is 0. The van der Waals surface area contributed by atoms with Crippen LogP contribution in [0.4, 0.5) is 5.69 Å². The molecule has 0 N–H and O–H groups in total. The van der Waals surface area contributed by atoms with Crippen molar-refractivity contribution in [2.24, 2.45) is 4.99 Å². The van der Waals surface area contributed by atoms with Gasteiger partial charge < -0.3 is 14.2 Å². The van der Waals surface area contributed by atoms with E-state index in [1.807, 2.05) is 19.1 Å². The SMILES string of the molecule is CCn1c(=NC(=O)CS(=O)(=O)CC(=O)N2CCc3ccccc32)sc2cc(C(=O)OC)ccc21. The second kappa shape index (κ2) is 9.51. The molecule has 0 unspecified atom stereocenters. The minimum Gasteiger partial charge on any atom is -0.465 e. The zero-order chi connectivity index (χ0) is 24.5. The number of aromatic nitrogens is 1. The summed E-state index contributed by atoms with van der Waals surface area (Å²) in [5.41, 5.74) is 2.82. The number of nitrogens with zero attached hydrogens (tertiary/aromatic N) is 3. The molecular formula is C23H23N3O6S2. The van der Waals surface area contributed by atoms with Crippen molar-refractivity contribution in [2.45, 2.75) is 19.9 Å². The van der Waals surface area contributed by atoms with Crippen LogP contribution < -0.4 is 9.70 Å². The topological polar surface area (TPSA) is 115 Å². The number of rotatable bonds is 6. The summed E-state index contributed by atoms with van der Waals surface area (Å²) >= 11 is 1.17. The van der Waals surface area contributed by atoms with Crippen molar-refractivity contribution in [1.82, 2.24) is 4.57 Å². The summed E-state index contributed by atoms with van der Waals surface area (Å²) in [5, 5.41) is 0. The van der Waals surface area contributed by atoms with Gasteiger partial charge in [0.15, 0.2) is 14.6 Å². The summed E-state index contributed by atoms with van der Waals surface area (Å²) in [6.45, 7) is 2.77. The zero-order valence-electron chi connectivity index (χ0n) is 18.7. The largest absolute Gasteiger partial charge is 0.465 e. The predicted molar refractivity (Wildman–Crippen MR) is 129 cm³/mol. The summed E-state index contributed by atoms with van der Waals surface area (Å²) in [6.07, 6.45) is 0.664. The average molecular weight is 502 g/mol. The molecular weight excluding hydrogens is 478 g/mol. The third-order valence-electron chi connectivity index (χ3n) is 5.52. The van der Waals surface area contributed by atoms with Crippen molar-refractivity contribution in [1.29, 1.82) is 0 Å². The number of thiazole rings is 1. The normalized spacial score (nSPS) is 13.8. The van der Waals surface area contributed by atoms with Crippen LogP contribution in [-0.4, -0.2) is 55.9 Å². The van der Waals surface area contributed by atoms with Crippen LogP contribution in [0.2, 0.25) is 0 Å². The van der Waals surface area contributed by atoms with Gasteiger partial charge in [-0.25, -0.2) is 13.2 Å². The molecule has 2 aromatic carbocycles. The van der Waals surface area contributed by atoms with E-state index in [1.165, 1.54) is 23.3 Å². The number of esters is 1. The van der Waals surface area contributed by atoms with Gasteiger partial charge >= 0.3 is 5.97 Å². The van der Waals surface area contributed by atoms with Crippen molar-refractivity contribution in [3.8, 4) is 0 Å². The monoisotopic (exact) mass is 501 g/mol. The maximum Gasteiger partial charge on any atom is 0.337 e. The highest BCUT2D eigenvalue weighted by Crippen LogP contribution is 2.27. The number of carbonyl (C=O) groups excluding carboxylic acids is 3. The first kappa shape index (κ1) is 23.8. The molecule has 1 aromatic heterocycles. The van der Waals surface area contributed by atoms with Crippen LogP contribution in [0.15, 0.2) is 47.5 Å². The Morgan fingerprint density at radius 1 is 1.12 bits per heavy atom. The van der Waals surface area contributed by atoms with Crippen molar-refractivity contribution in [3.05, 3.63) is 58.4 Å². The van der Waals surface area contributed by atoms with Gasteiger partial charge in [-0.1, -0.05) is 29.5 Å². The standard InChI is InChI=1S/C23H23N3O6S2/c1-3-25-18-9-8-16(22(29)32-2)12-19(18)33-23(25)24-20(27)13-34(30,31)14-21(28)26-11-10-15-6-4-5-7-17(15)26/h4-9,12H,3,10-11,13-14H2,1-2H3. The number of carbonyl (C=O) groups is 3. The molecule has 0 fully saturated rings. The quantitative estimate of drug-likeness (QED) is 0.477. The Morgan fingerprint density at radius 3 is 2.62 bits per heavy atom. The molecule has 4 rings (SSSR count). The van der Waals surface area contributed by atoms with E-state index in [2.05, 4.69) is 4.99 Å². The number of methoxy groups -OCH3 is 1. The molecule has 0 spiro atoms. The Balaban J connectivity index is 1.53. The molecule has 0 atom stereocenters. The first-order valence-electron chi connectivity index (χ1n) is 10.6. The first-order valence-corrected chi connectivity index (χ1v) is 13.2. The molecule has 2 heterocycles. The summed E-state index contributed by atoms with van der Waals surface area (Å²) in [7, 11) is -2.72. The van der Waals surface area contributed by atoms with Gasteiger partial charge in [0, 0.05) is 18.8 Å². The number of ether oxygens (including phenoxy) is 1. The Kier molecular flexibility index (Phi) is 6.67. The second-order valence-corrected chi connectivity index (χ2v) is 10.8. The van der Waals surface area contributed by atoms with Gasteiger partial charge in [-0.3, -0.25) is 9.59 Å².